The Bertz CT molecular complexity index is 723. The molecule has 0 aromatic heterocycles. The number of nitrogens with zero attached hydrogens (tertiary/aromatic N) is 1. The summed E-state index contributed by atoms with van der Waals surface area (Å²) in [4.78, 5) is 10.8. The SMILES string of the molecule is N#Cc1cc(C(=O)O)ccc1Oc1ccc(Cl)c(Cl)c1. The number of ether oxygens (including phenoxy) is 1. The molecule has 6 heteroatoms. The van der Waals surface area contributed by atoms with Crippen molar-refractivity contribution >= 4 is 29.2 Å². The van der Waals surface area contributed by atoms with E-state index >= 15 is 0 Å². The third kappa shape index (κ3) is 3.02. The number of nitriles is 1. The quantitative estimate of drug-likeness (QED) is 0.914. The van der Waals surface area contributed by atoms with E-state index in [4.69, 9.17) is 38.3 Å². The smallest absolute Gasteiger partial charge is 0.335 e. The van der Waals surface area contributed by atoms with Crippen molar-refractivity contribution in [1.82, 2.24) is 0 Å². The first kappa shape index (κ1) is 14.2. The molecule has 2 aromatic carbocycles. The molecule has 0 saturated heterocycles. The Morgan fingerprint density at radius 2 is 1.90 bits per heavy atom. The molecule has 0 aliphatic heterocycles. The molecule has 2 rings (SSSR count). The molecule has 0 atom stereocenters. The van der Waals surface area contributed by atoms with Crippen LogP contribution in [0.5, 0.6) is 11.5 Å². The number of carbonyl (C=O) groups is 1. The van der Waals surface area contributed by atoms with Crippen LogP contribution in [0.1, 0.15) is 15.9 Å². The maximum atomic E-state index is 10.8. The number of aromatic carboxylic acids is 1. The van der Waals surface area contributed by atoms with E-state index in [0.29, 0.717) is 15.8 Å². The Morgan fingerprint density at radius 3 is 2.50 bits per heavy atom. The van der Waals surface area contributed by atoms with Gasteiger partial charge in [-0.3, -0.25) is 0 Å². The lowest BCUT2D eigenvalue weighted by molar-refractivity contribution is 0.0697. The third-order valence-corrected chi connectivity index (χ3v) is 3.20. The van der Waals surface area contributed by atoms with Gasteiger partial charge >= 0.3 is 5.97 Å². The van der Waals surface area contributed by atoms with Crippen LogP contribution in [0.25, 0.3) is 0 Å². The molecule has 0 amide bonds. The van der Waals surface area contributed by atoms with E-state index in [1.165, 1.54) is 24.3 Å². The van der Waals surface area contributed by atoms with Gasteiger partial charge in [-0.05, 0) is 30.3 Å². The minimum absolute atomic E-state index is 0.0167. The van der Waals surface area contributed by atoms with Gasteiger partial charge in [0, 0.05) is 6.07 Å². The molecule has 0 aliphatic carbocycles. The monoisotopic (exact) mass is 307 g/mol. The Morgan fingerprint density at radius 1 is 1.15 bits per heavy atom. The standard InChI is InChI=1S/C14H7Cl2NO3/c15-11-3-2-10(6-12(11)16)20-13-4-1-8(14(18)19)5-9(13)7-17/h1-6H,(H,18,19). The van der Waals surface area contributed by atoms with Crippen LogP contribution in [0.3, 0.4) is 0 Å². The second-order valence-electron chi connectivity index (χ2n) is 3.81. The normalized spacial score (nSPS) is 9.85. The number of carboxylic acids is 1. The number of benzene rings is 2. The van der Waals surface area contributed by atoms with Gasteiger partial charge in [-0.1, -0.05) is 23.2 Å². The zero-order chi connectivity index (χ0) is 14.7. The maximum absolute atomic E-state index is 10.8. The molecule has 0 bridgehead atoms. The van der Waals surface area contributed by atoms with Crippen molar-refractivity contribution in [1.29, 1.82) is 5.26 Å². The van der Waals surface area contributed by atoms with E-state index in [1.807, 2.05) is 6.07 Å². The summed E-state index contributed by atoms with van der Waals surface area (Å²) in [5.74, 6) is -0.461. The molecular formula is C14H7Cl2NO3. The predicted molar refractivity (Wildman–Crippen MR) is 74.7 cm³/mol. The van der Waals surface area contributed by atoms with Gasteiger partial charge in [-0.2, -0.15) is 5.26 Å². The largest absolute Gasteiger partial charge is 0.478 e. The zero-order valence-electron chi connectivity index (χ0n) is 9.93. The zero-order valence-corrected chi connectivity index (χ0v) is 11.4. The van der Waals surface area contributed by atoms with Gasteiger partial charge < -0.3 is 9.84 Å². The lowest BCUT2D eigenvalue weighted by atomic mass is 10.1. The van der Waals surface area contributed by atoms with Crippen molar-refractivity contribution in [3.05, 3.63) is 57.6 Å². The summed E-state index contributed by atoms with van der Waals surface area (Å²) in [6.45, 7) is 0. The van der Waals surface area contributed by atoms with Gasteiger partial charge in [0.05, 0.1) is 21.2 Å². The summed E-state index contributed by atoms with van der Waals surface area (Å²) >= 11 is 11.7. The average molecular weight is 308 g/mol. The first-order valence-electron chi connectivity index (χ1n) is 5.41. The maximum Gasteiger partial charge on any atom is 0.335 e. The highest BCUT2D eigenvalue weighted by Crippen LogP contribution is 2.31. The Kier molecular flexibility index (Phi) is 4.14. The number of rotatable bonds is 3. The Hall–Kier alpha value is -2.22. The number of hydrogen-bond acceptors (Lipinski definition) is 3. The van der Waals surface area contributed by atoms with Crippen LogP contribution < -0.4 is 4.74 Å². The number of hydrogen-bond donors (Lipinski definition) is 1. The van der Waals surface area contributed by atoms with Crippen molar-refractivity contribution in [3.63, 3.8) is 0 Å². The first-order chi connectivity index (χ1) is 9.51. The van der Waals surface area contributed by atoms with Crippen LogP contribution >= 0.6 is 23.2 Å². The van der Waals surface area contributed by atoms with Crippen LogP contribution in [0.2, 0.25) is 10.0 Å². The van der Waals surface area contributed by atoms with Crippen LogP contribution in [0.15, 0.2) is 36.4 Å². The van der Waals surface area contributed by atoms with E-state index in [2.05, 4.69) is 0 Å². The lowest BCUT2D eigenvalue weighted by Gasteiger charge is -2.08. The molecule has 0 fully saturated rings. The number of halogens is 2. The summed E-state index contributed by atoms with van der Waals surface area (Å²) in [7, 11) is 0. The van der Waals surface area contributed by atoms with Crippen LogP contribution in [0.4, 0.5) is 0 Å². The Labute approximate surface area is 124 Å². The van der Waals surface area contributed by atoms with E-state index in [1.54, 1.807) is 12.1 Å². The predicted octanol–water partition coefficient (Wildman–Crippen LogP) is 4.36. The molecule has 0 radical (unpaired) electrons. The van der Waals surface area contributed by atoms with Crippen molar-refractivity contribution < 1.29 is 14.6 Å². The van der Waals surface area contributed by atoms with Crippen LogP contribution in [-0.2, 0) is 0 Å². The molecule has 0 saturated carbocycles. The highest BCUT2D eigenvalue weighted by atomic mass is 35.5. The fourth-order valence-corrected chi connectivity index (χ4v) is 1.79. The molecule has 4 nitrogen and oxygen atoms in total. The van der Waals surface area contributed by atoms with E-state index in [0.717, 1.165) is 0 Å². The lowest BCUT2D eigenvalue weighted by Crippen LogP contribution is -1.98. The molecule has 1 N–H and O–H groups in total. The summed E-state index contributed by atoms with van der Waals surface area (Å²) < 4.78 is 5.51. The second kappa shape index (κ2) is 5.83. The van der Waals surface area contributed by atoms with Gasteiger partial charge in [0.25, 0.3) is 0 Å². The molecule has 0 unspecified atom stereocenters. The van der Waals surface area contributed by atoms with Crippen molar-refractivity contribution in [2.75, 3.05) is 0 Å². The highest BCUT2D eigenvalue weighted by Gasteiger charge is 2.10. The molecule has 0 heterocycles. The van der Waals surface area contributed by atoms with Gasteiger partial charge in [0.2, 0.25) is 0 Å². The Balaban J connectivity index is 2.36. The van der Waals surface area contributed by atoms with Crippen LogP contribution in [-0.4, -0.2) is 11.1 Å². The average Bonchev–Trinajstić information content (AvgIpc) is 2.43. The minimum Gasteiger partial charge on any atom is -0.478 e. The van der Waals surface area contributed by atoms with Gasteiger partial charge in [0.15, 0.2) is 0 Å². The fraction of sp³-hybridized carbons (Fsp3) is 0. The topological polar surface area (TPSA) is 70.3 Å². The second-order valence-corrected chi connectivity index (χ2v) is 4.62. The fourth-order valence-electron chi connectivity index (χ4n) is 1.51. The third-order valence-electron chi connectivity index (χ3n) is 2.47. The van der Waals surface area contributed by atoms with Gasteiger partial charge in [-0.25, -0.2) is 4.79 Å². The van der Waals surface area contributed by atoms with Crippen LogP contribution in [0, 0.1) is 11.3 Å². The summed E-state index contributed by atoms with van der Waals surface area (Å²) in [5, 5.41) is 18.6. The van der Waals surface area contributed by atoms with E-state index in [9.17, 15) is 4.79 Å². The summed E-state index contributed by atoms with van der Waals surface area (Å²) in [6.07, 6.45) is 0. The molecule has 100 valence electrons. The molecule has 20 heavy (non-hydrogen) atoms. The molecular weight excluding hydrogens is 301 g/mol. The van der Waals surface area contributed by atoms with Gasteiger partial charge in [0.1, 0.15) is 17.6 Å². The van der Waals surface area contributed by atoms with Gasteiger partial charge in [-0.15, -0.1) is 0 Å². The molecule has 0 aliphatic rings. The first-order valence-corrected chi connectivity index (χ1v) is 6.17. The van der Waals surface area contributed by atoms with Crippen molar-refractivity contribution in [3.8, 4) is 17.6 Å². The summed E-state index contributed by atoms with van der Waals surface area (Å²) in [5.41, 5.74) is 0.138. The highest BCUT2D eigenvalue weighted by molar-refractivity contribution is 6.42. The summed E-state index contributed by atoms with van der Waals surface area (Å²) in [6, 6.07) is 10.6. The van der Waals surface area contributed by atoms with E-state index < -0.39 is 5.97 Å². The molecule has 2 aromatic rings. The van der Waals surface area contributed by atoms with Crippen molar-refractivity contribution in [2.45, 2.75) is 0 Å². The van der Waals surface area contributed by atoms with E-state index in [-0.39, 0.29) is 16.9 Å². The van der Waals surface area contributed by atoms with Crippen molar-refractivity contribution in [2.24, 2.45) is 0 Å². The number of carboxylic acid groups (broad SMARTS) is 1. The minimum atomic E-state index is -1.11. The molecule has 0 spiro atoms.